The van der Waals surface area contributed by atoms with Crippen molar-refractivity contribution in [1.29, 1.82) is 5.26 Å². The van der Waals surface area contributed by atoms with Crippen molar-refractivity contribution in [2.75, 3.05) is 5.32 Å². The fraction of sp³-hybridized carbons (Fsp3) is 0.0800. The maximum absolute atomic E-state index is 13.0. The van der Waals surface area contributed by atoms with Crippen molar-refractivity contribution in [1.82, 2.24) is 9.36 Å². The van der Waals surface area contributed by atoms with Gasteiger partial charge in [0, 0.05) is 30.8 Å². The molecule has 2 heterocycles. The largest absolute Gasteiger partial charge is 0.457 e. The third kappa shape index (κ3) is 4.55. The molecule has 1 amide bonds. The van der Waals surface area contributed by atoms with Crippen molar-refractivity contribution in [3.8, 4) is 23.1 Å². The van der Waals surface area contributed by atoms with Gasteiger partial charge in [0.1, 0.15) is 28.9 Å². The Bertz CT molecular complexity index is 1620. The highest BCUT2D eigenvalue weighted by atomic mass is 35.5. The van der Waals surface area contributed by atoms with Crippen molar-refractivity contribution in [3.05, 3.63) is 103 Å². The van der Waals surface area contributed by atoms with Crippen LogP contribution in [0.15, 0.2) is 75.4 Å². The van der Waals surface area contributed by atoms with E-state index in [-0.39, 0.29) is 27.7 Å². The highest BCUT2D eigenvalue weighted by Crippen LogP contribution is 2.32. The first-order valence-corrected chi connectivity index (χ1v) is 10.9. The Kier molecular flexibility index (Phi) is 6.58. The molecule has 0 aliphatic heterocycles. The number of nitro benzene ring substituents is 1. The Hall–Kier alpha value is -4.88. The summed E-state index contributed by atoms with van der Waals surface area (Å²) in [6, 6.07) is 17.8. The Morgan fingerprint density at radius 3 is 2.56 bits per heavy atom. The first kappa shape index (κ1) is 24.3. The van der Waals surface area contributed by atoms with Crippen molar-refractivity contribution in [2.45, 2.75) is 6.92 Å². The summed E-state index contributed by atoms with van der Waals surface area (Å²) in [5.41, 5.74) is 0.678. The highest BCUT2D eigenvalue weighted by molar-refractivity contribution is 6.33. The zero-order chi connectivity index (χ0) is 26.0. The van der Waals surface area contributed by atoms with Crippen molar-refractivity contribution >= 4 is 35.0 Å². The summed E-state index contributed by atoms with van der Waals surface area (Å²) < 4.78 is 8.70. The normalized spacial score (nSPS) is 11.2. The monoisotopic (exact) mass is 503 g/mol. The summed E-state index contributed by atoms with van der Waals surface area (Å²) in [4.78, 5) is 36.2. The molecule has 10 nitrogen and oxygen atoms in total. The molecular formula is C25H18ClN5O5. The van der Waals surface area contributed by atoms with Crippen LogP contribution in [0.1, 0.15) is 11.5 Å². The van der Waals surface area contributed by atoms with E-state index in [0.717, 1.165) is 0 Å². The first-order valence-electron chi connectivity index (χ1n) is 10.5. The molecule has 0 atom stereocenters. The quantitative estimate of drug-likeness (QED) is 0.173. The number of furan rings is 1. The van der Waals surface area contributed by atoms with Crippen LogP contribution in [0.2, 0.25) is 5.02 Å². The smallest absolute Gasteiger partial charge is 0.295 e. The third-order valence-corrected chi connectivity index (χ3v) is 5.81. The molecule has 180 valence electrons. The van der Waals surface area contributed by atoms with Crippen molar-refractivity contribution < 1.29 is 14.1 Å². The fourth-order valence-corrected chi connectivity index (χ4v) is 3.84. The summed E-state index contributed by atoms with van der Waals surface area (Å²) in [5, 5.41) is 23.1. The summed E-state index contributed by atoms with van der Waals surface area (Å²) in [6.45, 7) is 1.68. The van der Waals surface area contributed by atoms with Crippen molar-refractivity contribution in [3.63, 3.8) is 0 Å². The standard InChI is InChI=1S/C25H18ClN5O5/c1-15-23(25(33)30(29(15)2)17-6-4-3-5-7-17)28-24(32)16(14-27)12-19-9-11-22(36-19)20-10-8-18(31(34)35)13-21(20)26/h3-13H,1-2H3,(H,28,32)/b16-12-. The second-order valence-corrected chi connectivity index (χ2v) is 8.09. The number of non-ortho nitro benzene ring substituents is 1. The molecule has 0 bridgehead atoms. The molecule has 0 aliphatic carbocycles. The maximum atomic E-state index is 13.0. The third-order valence-electron chi connectivity index (χ3n) is 5.50. The zero-order valence-electron chi connectivity index (χ0n) is 19.1. The Balaban J connectivity index is 1.61. The van der Waals surface area contributed by atoms with Crippen LogP contribution < -0.4 is 10.9 Å². The van der Waals surface area contributed by atoms with Gasteiger partial charge in [0.25, 0.3) is 17.2 Å². The minimum atomic E-state index is -0.783. The number of para-hydroxylation sites is 1. The van der Waals surface area contributed by atoms with Gasteiger partial charge < -0.3 is 9.73 Å². The van der Waals surface area contributed by atoms with E-state index < -0.39 is 16.4 Å². The van der Waals surface area contributed by atoms with E-state index in [4.69, 9.17) is 16.0 Å². The SMILES string of the molecule is Cc1c(NC(=O)/C(C#N)=C\c2ccc(-c3ccc([N+](=O)[O-])cc3Cl)o2)c(=O)n(-c2ccccc2)n1C. The fourth-order valence-electron chi connectivity index (χ4n) is 3.58. The molecule has 0 aliphatic rings. The molecule has 2 aromatic heterocycles. The molecule has 4 aromatic rings. The van der Waals surface area contributed by atoms with Crippen LogP contribution in [0, 0.1) is 28.4 Å². The summed E-state index contributed by atoms with van der Waals surface area (Å²) in [7, 11) is 1.69. The molecule has 1 N–H and O–H groups in total. The Labute approximate surface area is 209 Å². The second kappa shape index (κ2) is 9.77. The Morgan fingerprint density at radius 1 is 1.19 bits per heavy atom. The van der Waals surface area contributed by atoms with Crippen LogP contribution in [0.4, 0.5) is 11.4 Å². The topological polar surface area (TPSA) is 136 Å². The summed E-state index contributed by atoms with van der Waals surface area (Å²) in [5.74, 6) is -0.309. The van der Waals surface area contributed by atoms with E-state index in [1.807, 2.05) is 12.1 Å². The van der Waals surface area contributed by atoms with E-state index in [0.29, 0.717) is 22.7 Å². The van der Waals surface area contributed by atoms with Crippen molar-refractivity contribution in [2.24, 2.45) is 7.05 Å². The molecule has 0 saturated carbocycles. The van der Waals surface area contributed by atoms with Crippen LogP contribution in [-0.2, 0) is 11.8 Å². The van der Waals surface area contributed by atoms with E-state index in [2.05, 4.69) is 5.32 Å². The Morgan fingerprint density at radius 2 is 1.92 bits per heavy atom. The number of hydrogen-bond acceptors (Lipinski definition) is 6. The van der Waals surface area contributed by atoms with E-state index >= 15 is 0 Å². The van der Waals surface area contributed by atoms with Gasteiger partial charge in [-0.05, 0) is 37.3 Å². The molecule has 0 spiro atoms. The van der Waals surface area contributed by atoms with Gasteiger partial charge in [-0.3, -0.25) is 24.4 Å². The predicted molar refractivity (Wildman–Crippen MR) is 134 cm³/mol. The molecular weight excluding hydrogens is 486 g/mol. The van der Waals surface area contributed by atoms with Crippen LogP contribution in [0.25, 0.3) is 23.1 Å². The zero-order valence-corrected chi connectivity index (χ0v) is 19.8. The number of halogens is 1. The van der Waals surface area contributed by atoms with Gasteiger partial charge in [-0.1, -0.05) is 29.8 Å². The number of nitriles is 1. The number of nitrogens with one attached hydrogen (secondary N) is 1. The highest BCUT2D eigenvalue weighted by Gasteiger charge is 2.20. The van der Waals surface area contributed by atoms with E-state index in [1.54, 1.807) is 49.0 Å². The molecule has 0 saturated heterocycles. The molecule has 0 radical (unpaired) electrons. The van der Waals surface area contributed by atoms with Gasteiger partial charge in [-0.25, -0.2) is 4.68 Å². The van der Waals surface area contributed by atoms with Gasteiger partial charge in [-0.2, -0.15) is 5.26 Å². The number of aromatic nitrogens is 2. The van der Waals surface area contributed by atoms with Crippen LogP contribution in [0.3, 0.4) is 0 Å². The van der Waals surface area contributed by atoms with E-state index in [1.165, 1.54) is 35.0 Å². The van der Waals surface area contributed by atoms with Gasteiger partial charge in [0.2, 0.25) is 0 Å². The lowest BCUT2D eigenvalue weighted by Gasteiger charge is -2.07. The number of carbonyl (C=O) groups is 1. The van der Waals surface area contributed by atoms with Crippen LogP contribution >= 0.6 is 11.6 Å². The predicted octanol–water partition coefficient (Wildman–Crippen LogP) is 4.85. The first-order chi connectivity index (χ1) is 17.2. The minimum absolute atomic E-state index is 0.0466. The molecule has 4 rings (SSSR count). The lowest BCUT2D eigenvalue weighted by atomic mass is 10.1. The average molecular weight is 504 g/mol. The maximum Gasteiger partial charge on any atom is 0.295 e. The van der Waals surface area contributed by atoms with Gasteiger partial charge in [0.05, 0.1) is 21.3 Å². The van der Waals surface area contributed by atoms with Crippen LogP contribution in [0.5, 0.6) is 0 Å². The molecule has 11 heteroatoms. The number of rotatable bonds is 6. The number of benzene rings is 2. The molecule has 36 heavy (non-hydrogen) atoms. The number of hydrogen-bond donors (Lipinski definition) is 1. The lowest BCUT2D eigenvalue weighted by Crippen LogP contribution is -2.23. The lowest BCUT2D eigenvalue weighted by molar-refractivity contribution is -0.384. The van der Waals surface area contributed by atoms with Crippen LogP contribution in [-0.4, -0.2) is 20.2 Å². The van der Waals surface area contributed by atoms with E-state index in [9.17, 15) is 25.0 Å². The summed E-state index contributed by atoms with van der Waals surface area (Å²) >= 11 is 6.15. The molecule has 2 aromatic carbocycles. The summed E-state index contributed by atoms with van der Waals surface area (Å²) in [6.07, 6.45) is 1.23. The minimum Gasteiger partial charge on any atom is -0.457 e. The number of carbonyl (C=O) groups excluding carboxylic acids is 1. The average Bonchev–Trinajstić information content (AvgIpc) is 3.41. The number of nitro groups is 1. The molecule has 0 fully saturated rings. The van der Waals surface area contributed by atoms with Gasteiger partial charge in [0.15, 0.2) is 0 Å². The van der Waals surface area contributed by atoms with Gasteiger partial charge >= 0.3 is 0 Å². The molecule has 0 unspecified atom stereocenters. The number of nitrogens with zero attached hydrogens (tertiary/aromatic N) is 4. The van der Waals surface area contributed by atoms with Gasteiger partial charge in [-0.15, -0.1) is 0 Å². The number of anilines is 1. The second-order valence-electron chi connectivity index (χ2n) is 7.68. The number of amides is 1.